The van der Waals surface area contributed by atoms with Gasteiger partial charge in [-0.2, -0.15) is 14.8 Å². The van der Waals surface area contributed by atoms with Crippen molar-refractivity contribution in [3.8, 4) is 0 Å². The molecule has 0 bridgehead atoms. The molecular formula is C25H49NaO8S. The molecule has 0 fully saturated rings. The second-order valence-electron chi connectivity index (χ2n) is 8.71. The molecule has 0 aromatic carbocycles. The largest absolute Gasteiger partial charge is 1.00 e. The van der Waals surface area contributed by atoms with Crippen LogP contribution in [0.1, 0.15) is 122 Å². The average molecular weight is 533 g/mol. The van der Waals surface area contributed by atoms with E-state index in [1.165, 1.54) is 103 Å². The van der Waals surface area contributed by atoms with Crippen LogP contribution in [0.4, 0.5) is 0 Å². The summed E-state index contributed by atoms with van der Waals surface area (Å²) in [6.07, 6.45) is 22.6. The number of unbranched alkanes of at least 4 members (excludes halogenated alkanes) is 15. The summed E-state index contributed by atoms with van der Waals surface area (Å²) in [5.74, 6) is -3.50. The molecule has 0 aliphatic carbocycles. The third-order valence-electron chi connectivity index (χ3n) is 5.43. The molecule has 0 rings (SSSR count). The van der Waals surface area contributed by atoms with Crippen molar-refractivity contribution in [3.05, 3.63) is 6.92 Å². The van der Waals surface area contributed by atoms with Crippen LogP contribution in [0.3, 0.4) is 0 Å². The first kappa shape index (κ1) is 39.3. The molecule has 0 heterocycles. The van der Waals surface area contributed by atoms with E-state index >= 15 is 0 Å². The Kier molecular flexibility index (Phi) is 31.9. The van der Waals surface area contributed by atoms with Crippen LogP contribution in [0, 0.1) is 6.92 Å². The van der Waals surface area contributed by atoms with Crippen LogP contribution in [-0.2, 0) is 24.4 Å². The first-order chi connectivity index (χ1) is 16.2. The number of hydrogen-bond donors (Lipinski definition) is 3. The Balaban J connectivity index is -0.000000670. The van der Waals surface area contributed by atoms with Gasteiger partial charge in [0.25, 0.3) is 10.1 Å². The summed E-state index contributed by atoms with van der Waals surface area (Å²) in [4.78, 5) is 20.0. The molecule has 3 N–H and O–H groups in total. The van der Waals surface area contributed by atoms with E-state index in [1.54, 1.807) is 0 Å². The zero-order valence-electron chi connectivity index (χ0n) is 22.2. The van der Waals surface area contributed by atoms with Crippen molar-refractivity contribution in [2.45, 2.75) is 128 Å². The van der Waals surface area contributed by atoms with Crippen molar-refractivity contribution in [2.75, 3.05) is 13.2 Å². The normalized spacial score (nSPS) is 11.7. The molecule has 1 atom stereocenters. The third kappa shape index (κ3) is 31.8. The third-order valence-corrected chi connectivity index (χ3v) is 6.51. The second-order valence-corrected chi connectivity index (χ2v) is 10.3. The Hall–Kier alpha value is -0.190. The molecule has 1 unspecified atom stereocenters. The predicted octanol–water partition coefficient (Wildman–Crippen LogP) is 3.29. The Morgan fingerprint density at radius 2 is 1.11 bits per heavy atom. The standard InChI is InChI=1S/C21H43O.C4H6O7S.Na/c1-3-5-6-7-8-9-10-11-12-13-14-15-16-17-18-19-21-22-20-4-2;5-3(6)1-2(4(7)8)12(9,10)11;/h2-21H2,1H3;2H,1H2,(H,5,6)(H,7,8)(H,9,10,11);/q-1;;+1. The molecule has 0 radical (unpaired) electrons. The molecule has 35 heavy (non-hydrogen) atoms. The first-order valence-electron chi connectivity index (χ1n) is 12.9. The first-order valence-corrected chi connectivity index (χ1v) is 14.4. The van der Waals surface area contributed by atoms with E-state index in [2.05, 4.69) is 13.8 Å². The van der Waals surface area contributed by atoms with Crippen molar-refractivity contribution in [1.29, 1.82) is 0 Å². The van der Waals surface area contributed by atoms with Crippen molar-refractivity contribution >= 4 is 22.1 Å². The second kappa shape index (κ2) is 28.4. The molecule has 0 saturated heterocycles. The number of carbonyl (C=O) groups is 2. The molecule has 10 heteroatoms. The van der Waals surface area contributed by atoms with Crippen LogP contribution >= 0.6 is 0 Å². The van der Waals surface area contributed by atoms with E-state index in [0.717, 1.165) is 19.6 Å². The fourth-order valence-electron chi connectivity index (χ4n) is 3.43. The molecule has 0 aromatic rings. The molecule has 0 aliphatic heterocycles. The van der Waals surface area contributed by atoms with E-state index in [-0.39, 0.29) is 29.6 Å². The summed E-state index contributed by atoms with van der Waals surface area (Å²) < 4.78 is 34.1. The van der Waals surface area contributed by atoms with Gasteiger partial charge in [0.1, 0.15) is 0 Å². The maximum atomic E-state index is 10.2. The van der Waals surface area contributed by atoms with Crippen molar-refractivity contribution in [2.24, 2.45) is 0 Å². The minimum absolute atomic E-state index is 0. The van der Waals surface area contributed by atoms with Gasteiger partial charge >= 0.3 is 41.5 Å². The van der Waals surface area contributed by atoms with Gasteiger partial charge in [0.2, 0.25) is 0 Å². The molecule has 0 saturated carbocycles. The van der Waals surface area contributed by atoms with Gasteiger partial charge in [-0.25, -0.2) is 0 Å². The molecule has 204 valence electrons. The van der Waals surface area contributed by atoms with Gasteiger partial charge in [0, 0.05) is 13.2 Å². The predicted molar refractivity (Wildman–Crippen MR) is 136 cm³/mol. The van der Waals surface area contributed by atoms with Crippen LogP contribution in [0.5, 0.6) is 0 Å². The summed E-state index contributed by atoms with van der Waals surface area (Å²) in [5, 5.41) is 13.9. The quantitative estimate of drug-likeness (QED) is 0.0789. The maximum absolute atomic E-state index is 10.2. The van der Waals surface area contributed by atoms with Gasteiger partial charge < -0.3 is 21.9 Å². The van der Waals surface area contributed by atoms with E-state index < -0.39 is 33.7 Å². The van der Waals surface area contributed by atoms with Gasteiger partial charge in [-0.15, -0.1) is 0 Å². The van der Waals surface area contributed by atoms with E-state index in [9.17, 15) is 18.0 Å². The zero-order chi connectivity index (χ0) is 26.1. The maximum Gasteiger partial charge on any atom is 1.00 e. The van der Waals surface area contributed by atoms with Gasteiger partial charge in [0.15, 0.2) is 5.25 Å². The summed E-state index contributed by atoms with van der Waals surface area (Å²) in [6, 6.07) is 0. The number of rotatable bonds is 23. The SMILES string of the molecule is O=C(O)CC(C(=O)O)S(=O)(=O)O.[CH2-]CCOCCCCCCCCCCCCCCCCCC.[Na+]. The Morgan fingerprint density at radius 3 is 1.37 bits per heavy atom. The number of hydrogen-bond acceptors (Lipinski definition) is 5. The molecule has 0 aliphatic rings. The van der Waals surface area contributed by atoms with E-state index in [4.69, 9.17) is 19.5 Å². The van der Waals surface area contributed by atoms with Crippen molar-refractivity contribution < 1.29 is 67.1 Å². The van der Waals surface area contributed by atoms with Crippen LogP contribution in [0.25, 0.3) is 0 Å². The minimum atomic E-state index is -4.84. The summed E-state index contributed by atoms with van der Waals surface area (Å²) in [7, 11) is -4.84. The van der Waals surface area contributed by atoms with Crippen molar-refractivity contribution in [1.82, 2.24) is 0 Å². The molecule has 0 aromatic heterocycles. The fraction of sp³-hybridized carbons (Fsp3) is 0.880. The Labute approximate surface area is 236 Å². The zero-order valence-corrected chi connectivity index (χ0v) is 25.0. The van der Waals surface area contributed by atoms with Crippen LogP contribution < -0.4 is 29.6 Å². The van der Waals surface area contributed by atoms with E-state index in [0.29, 0.717) is 0 Å². The number of ether oxygens (including phenoxy) is 1. The van der Waals surface area contributed by atoms with Crippen molar-refractivity contribution in [3.63, 3.8) is 0 Å². The van der Waals surface area contributed by atoms with Gasteiger partial charge in [0.05, 0.1) is 6.42 Å². The molecule has 0 spiro atoms. The Bertz CT molecular complexity index is 564. The Morgan fingerprint density at radius 1 is 0.743 bits per heavy atom. The smallest absolute Gasteiger partial charge is 0.481 e. The summed E-state index contributed by atoms with van der Waals surface area (Å²) in [5.41, 5.74) is 0. The van der Waals surface area contributed by atoms with Crippen LogP contribution in [-0.4, -0.2) is 53.6 Å². The molecular weight excluding hydrogens is 483 g/mol. The molecule has 0 amide bonds. The van der Waals surface area contributed by atoms with Gasteiger partial charge in [-0.3, -0.25) is 14.1 Å². The van der Waals surface area contributed by atoms with Crippen LogP contribution in [0.15, 0.2) is 0 Å². The number of carboxylic acid groups (broad SMARTS) is 2. The summed E-state index contributed by atoms with van der Waals surface area (Å²) >= 11 is 0. The van der Waals surface area contributed by atoms with Crippen LogP contribution in [0.2, 0.25) is 0 Å². The summed E-state index contributed by atoms with van der Waals surface area (Å²) in [6.45, 7) is 7.84. The minimum Gasteiger partial charge on any atom is -0.481 e. The average Bonchev–Trinajstić information content (AvgIpc) is 2.76. The number of carboxylic acids is 2. The fourth-order valence-corrected chi connectivity index (χ4v) is 4.04. The van der Waals surface area contributed by atoms with Gasteiger partial charge in [-0.05, 0) is 6.42 Å². The monoisotopic (exact) mass is 532 g/mol. The topological polar surface area (TPSA) is 138 Å². The van der Waals surface area contributed by atoms with Gasteiger partial charge in [-0.1, -0.05) is 103 Å². The molecule has 8 nitrogen and oxygen atoms in total. The number of aliphatic carboxylic acids is 2. The van der Waals surface area contributed by atoms with E-state index in [1.807, 2.05) is 0 Å².